The average Bonchev–Trinajstić information content (AvgIpc) is 2.74. The highest BCUT2D eigenvalue weighted by molar-refractivity contribution is 5.99. The first-order valence-corrected chi connectivity index (χ1v) is 5.80. The fourth-order valence-electron chi connectivity index (χ4n) is 1.76. The highest BCUT2D eigenvalue weighted by atomic mass is 16.5. The van der Waals surface area contributed by atoms with E-state index in [0.717, 1.165) is 37.7 Å². The molecule has 0 N–H and O–H groups in total. The Kier molecular flexibility index (Phi) is 3.44. The summed E-state index contributed by atoms with van der Waals surface area (Å²) < 4.78 is 5.55. The lowest BCUT2D eigenvalue weighted by atomic mass is 10.2. The van der Waals surface area contributed by atoms with Gasteiger partial charge in [0.05, 0.1) is 13.2 Å². The molecular weight excluding hydrogens is 200 g/mol. The lowest BCUT2D eigenvalue weighted by Crippen LogP contribution is -2.23. The summed E-state index contributed by atoms with van der Waals surface area (Å²) in [6.07, 6.45) is 1.04. The van der Waals surface area contributed by atoms with Gasteiger partial charge in [0, 0.05) is 19.2 Å². The molecule has 0 aliphatic carbocycles. The molecule has 0 amide bonds. The summed E-state index contributed by atoms with van der Waals surface area (Å²) in [4.78, 5) is 6.66. The Balaban J connectivity index is 2.07. The highest BCUT2D eigenvalue weighted by Gasteiger charge is 2.13. The van der Waals surface area contributed by atoms with E-state index >= 15 is 0 Å². The van der Waals surface area contributed by atoms with Gasteiger partial charge in [0.25, 0.3) is 0 Å². The van der Waals surface area contributed by atoms with Gasteiger partial charge >= 0.3 is 0 Å². The van der Waals surface area contributed by atoms with Crippen molar-refractivity contribution < 1.29 is 4.74 Å². The quantitative estimate of drug-likeness (QED) is 0.773. The van der Waals surface area contributed by atoms with Crippen LogP contribution in [0.1, 0.15) is 18.9 Å². The molecule has 1 aliphatic heterocycles. The third-order valence-corrected chi connectivity index (χ3v) is 2.64. The summed E-state index contributed by atoms with van der Waals surface area (Å²) in [6.45, 7) is 4.81. The smallest absolute Gasteiger partial charge is 0.130 e. The number of hydrogen-bond acceptors (Lipinski definition) is 3. The Morgan fingerprint density at radius 2 is 2.06 bits per heavy atom. The molecule has 3 heteroatoms. The average molecular weight is 218 g/mol. The van der Waals surface area contributed by atoms with Crippen LogP contribution in [0.3, 0.4) is 0 Å². The fourth-order valence-corrected chi connectivity index (χ4v) is 1.76. The molecule has 0 atom stereocenters. The summed E-state index contributed by atoms with van der Waals surface area (Å²) in [5.41, 5.74) is 1.17. The Morgan fingerprint density at radius 3 is 2.62 bits per heavy atom. The van der Waals surface area contributed by atoms with E-state index in [1.165, 1.54) is 5.56 Å². The van der Waals surface area contributed by atoms with Crippen molar-refractivity contribution in [1.29, 1.82) is 0 Å². The Bertz CT molecular complexity index is 370. The number of amidine groups is 1. The van der Waals surface area contributed by atoms with E-state index in [1.54, 1.807) is 0 Å². The molecule has 1 aliphatic rings. The molecule has 0 saturated heterocycles. The molecule has 1 aromatic rings. The van der Waals surface area contributed by atoms with Gasteiger partial charge in [-0.2, -0.15) is 0 Å². The lowest BCUT2D eigenvalue weighted by molar-refractivity contribution is 0.317. The predicted octanol–water partition coefficient (Wildman–Crippen LogP) is 2.17. The number of ether oxygens (including phenoxy) is 1. The van der Waals surface area contributed by atoms with Crippen LogP contribution in [0.4, 0.5) is 0 Å². The molecule has 0 aromatic heterocycles. The number of nitrogens with zero attached hydrogens (tertiary/aromatic N) is 2. The van der Waals surface area contributed by atoms with Gasteiger partial charge in [-0.15, -0.1) is 0 Å². The van der Waals surface area contributed by atoms with Crippen molar-refractivity contribution in [2.75, 3.05) is 26.7 Å². The lowest BCUT2D eigenvalue weighted by Gasteiger charge is -2.14. The van der Waals surface area contributed by atoms with Crippen LogP contribution in [-0.4, -0.2) is 37.5 Å². The zero-order valence-electron chi connectivity index (χ0n) is 9.94. The number of benzene rings is 1. The number of rotatable bonds is 4. The largest absolute Gasteiger partial charge is 0.494 e. The van der Waals surface area contributed by atoms with Crippen molar-refractivity contribution in [3.05, 3.63) is 29.8 Å². The summed E-state index contributed by atoms with van der Waals surface area (Å²) in [5.74, 6) is 2.02. The molecule has 0 unspecified atom stereocenters. The van der Waals surface area contributed by atoms with E-state index in [0.29, 0.717) is 0 Å². The molecule has 16 heavy (non-hydrogen) atoms. The second-order valence-electron chi connectivity index (χ2n) is 4.00. The second-order valence-corrected chi connectivity index (χ2v) is 4.00. The van der Waals surface area contributed by atoms with Crippen molar-refractivity contribution in [1.82, 2.24) is 4.90 Å². The zero-order valence-corrected chi connectivity index (χ0v) is 9.94. The van der Waals surface area contributed by atoms with Crippen LogP contribution in [-0.2, 0) is 0 Å². The van der Waals surface area contributed by atoms with Crippen LogP contribution >= 0.6 is 0 Å². The van der Waals surface area contributed by atoms with E-state index in [4.69, 9.17) is 4.74 Å². The van der Waals surface area contributed by atoms with Gasteiger partial charge < -0.3 is 9.64 Å². The van der Waals surface area contributed by atoms with Gasteiger partial charge in [-0.05, 0) is 30.7 Å². The Labute approximate surface area is 96.7 Å². The summed E-state index contributed by atoms with van der Waals surface area (Å²) in [7, 11) is 2.08. The molecule has 0 radical (unpaired) electrons. The van der Waals surface area contributed by atoms with Crippen LogP contribution in [0.5, 0.6) is 5.75 Å². The summed E-state index contributed by atoms with van der Waals surface area (Å²) in [5, 5.41) is 0. The van der Waals surface area contributed by atoms with Gasteiger partial charge in [-0.1, -0.05) is 6.92 Å². The maximum absolute atomic E-state index is 5.55. The van der Waals surface area contributed by atoms with E-state index < -0.39 is 0 Å². The summed E-state index contributed by atoms with van der Waals surface area (Å²) in [6, 6.07) is 8.18. The number of aliphatic imine (C=N–C) groups is 1. The fraction of sp³-hybridized carbons (Fsp3) is 0.462. The minimum Gasteiger partial charge on any atom is -0.494 e. The zero-order chi connectivity index (χ0) is 11.4. The van der Waals surface area contributed by atoms with Crippen LogP contribution in [0, 0.1) is 0 Å². The van der Waals surface area contributed by atoms with Gasteiger partial charge in [0.15, 0.2) is 0 Å². The molecule has 3 nitrogen and oxygen atoms in total. The maximum atomic E-state index is 5.55. The third kappa shape index (κ3) is 2.35. The van der Waals surface area contributed by atoms with E-state index in [-0.39, 0.29) is 0 Å². The van der Waals surface area contributed by atoms with Gasteiger partial charge in [0.2, 0.25) is 0 Å². The first kappa shape index (κ1) is 11.0. The molecule has 2 rings (SSSR count). The van der Waals surface area contributed by atoms with E-state index in [2.05, 4.69) is 36.0 Å². The molecule has 0 saturated carbocycles. The molecule has 86 valence electrons. The molecule has 1 heterocycles. The second kappa shape index (κ2) is 5.01. The Morgan fingerprint density at radius 1 is 1.31 bits per heavy atom. The van der Waals surface area contributed by atoms with Gasteiger partial charge in [-0.25, -0.2) is 0 Å². The first-order valence-electron chi connectivity index (χ1n) is 5.80. The van der Waals surface area contributed by atoms with Gasteiger partial charge in [0.1, 0.15) is 11.6 Å². The van der Waals surface area contributed by atoms with Crippen molar-refractivity contribution in [3.8, 4) is 5.75 Å². The van der Waals surface area contributed by atoms with Crippen molar-refractivity contribution >= 4 is 5.84 Å². The highest BCUT2D eigenvalue weighted by Crippen LogP contribution is 2.15. The molecule has 0 fully saturated rings. The Hall–Kier alpha value is -1.51. The minimum atomic E-state index is 0.778. The number of hydrogen-bond donors (Lipinski definition) is 0. The van der Waals surface area contributed by atoms with Crippen LogP contribution in [0.2, 0.25) is 0 Å². The van der Waals surface area contributed by atoms with Crippen LogP contribution < -0.4 is 4.74 Å². The van der Waals surface area contributed by atoms with Gasteiger partial charge in [-0.3, -0.25) is 4.99 Å². The predicted molar refractivity (Wildman–Crippen MR) is 66.3 cm³/mol. The molecular formula is C13H18N2O. The SMILES string of the molecule is CCCOc1ccc(C2=NCCN2C)cc1. The van der Waals surface area contributed by atoms with E-state index in [9.17, 15) is 0 Å². The first-order chi connectivity index (χ1) is 7.81. The van der Waals surface area contributed by atoms with Crippen LogP contribution in [0.15, 0.2) is 29.3 Å². The molecule has 0 bridgehead atoms. The third-order valence-electron chi connectivity index (χ3n) is 2.64. The minimum absolute atomic E-state index is 0.778. The van der Waals surface area contributed by atoms with Crippen LogP contribution in [0.25, 0.3) is 0 Å². The standard InChI is InChI=1S/C13H18N2O/c1-3-10-16-12-6-4-11(5-7-12)13-14-8-9-15(13)2/h4-7H,3,8-10H2,1-2H3. The maximum Gasteiger partial charge on any atom is 0.130 e. The topological polar surface area (TPSA) is 24.8 Å². The van der Waals surface area contributed by atoms with Crippen molar-refractivity contribution in [3.63, 3.8) is 0 Å². The van der Waals surface area contributed by atoms with E-state index in [1.807, 2.05) is 12.1 Å². The molecule has 1 aromatic carbocycles. The normalized spacial score (nSPS) is 15.1. The monoisotopic (exact) mass is 218 g/mol. The number of likely N-dealkylation sites (N-methyl/N-ethyl adjacent to an activating group) is 1. The van der Waals surface area contributed by atoms with Crippen molar-refractivity contribution in [2.45, 2.75) is 13.3 Å². The van der Waals surface area contributed by atoms with Crippen molar-refractivity contribution in [2.24, 2.45) is 4.99 Å². The molecule has 0 spiro atoms. The summed E-state index contributed by atoms with van der Waals surface area (Å²) >= 11 is 0.